The van der Waals surface area contributed by atoms with Gasteiger partial charge in [0.25, 0.3) is 0 Å². The minimum absolute atomic E-state index is 0.235. The molecule has 0 bridgehead atoms. The number of esters is 1. The highest BCUT2D eigenvalue weighted by Gasteiger charge is 2.39. The van der Waals surface area contributed by atoms with Crippen LogP contribution in [0.4, 0.5) is 4.79 Å². The minimum atomic E-state index is -0.597. The Morgan fingerprint density at radius 3 is 2.50 bits per heavy atom. The zero-order valence-corrected chi connectivity index (χ0v) is 16.4. The van der Waals surface area contributed by atoms with Crippen LogP contribution in [0.25, 0.3) is 0 Å². The first-order valence-corrected chi connectivity index (χ1v) is 9.53. The molecule has 2 rings (SSSR count). The van der Waals surface area contributed by atoms with Crippen molar-refractivity contribution in [3.05, 3.63) is 35.9 Å². The molecule has 5 heteroatoms. The zero-order valence-electron chi connectivity index (χ0n) is 16.4. The summed E-state index contributed by atoms with van der Waals surface area (Å²) in [6, 6.07) is 9.55. The fourth-order valence-corrected chi connectivity index (χ4v) is 3.17. The van der Waals surface area contributed by atoms with E-state index in [-0.39, 0.29) is 11.9 Å². The predicted octanol–water partition coefficient (Wildman–Crippen LogP) is 4.51. The van der Waals surface area contributed by atoms with Crippen molar-refractivity contribution in [2.24, 2.45) is 0 Å². The number of amides is 1. The maximum atomic E-state index is 12.7. The third-order valence-electron chi connectivity index (χ3n) is 4.52. The van der Waals surface area contributed by atoms with Crippen LogP contribution in [-0.4, -0.2) is 41.8 Å². The highest BCUT2D eigenvalue weighted by Crippen LogP contribution is 2.33. The van der Waals surface area contributed by atoms with Crippen molar-refractivity contribution in [2.75, 3.05) is 13.2 Å². The normalized spacial score (nSPS) is 20.5. The van der Waals surface area contributed by atoms with E-state index in [9.17, 15) is 9.59 Å². The van der Waals surface area contributed by atoms with Crippen molar-refractivity contribution in [1.82, 2.24) is 4.90 Å². The molecule has 144 valence electrons. The molecule has 0 N–H and O–H groups in total. The van der Waals surface area contributed by atoms with E-state index in [0.717, 1.165) is 19.3 Å². The number of likely N-dealkylation sites (tertiary alicyclic amines) is 1. The SMILES string of the molecule is CCCCOC(=O)[C@H]1C[C@@H](c2ccccc2)CCN1C(=O)OC(C)(C)C. The summed E-state index contributed by atoms with van der Waals surface area (Å²) in [6.07, 6.45) is 2.71. The van der Waals surface area contributed by atoms with Crippen molar-refractivity contribution in [3.63, 3.8) is 0 Å². The Labute approximate surface area is 156 Å². The van der Waals surface area contributed by atoms with Crippen LogP contribution in [0.2, 0.25) is 0 Å². The number of ether oxygens (including phenoxy) is 2. The van der Waals surface area contributed by atoms with E-state index in [2.05, 4.69) is 12.1 Å². The van der Waals surface area contributed by atoms with Gasteiger partial charge in [0.1, 0.15) is 11.6 Å². The van der Waals surface area contributed by atoms with Crippen LogP contribution < -0.4 is 0 Å². The maximum Gasteiger partial charge on any atom is 0.411 e. The van der Waals surface area contributed by atoms with E-state index < -0.39 is 17.7 Å². The van der Waals surface area contributed by atoms with Crippen LogP contribution in [0, 0.1) is 0 Å². The smallest absolute Gasteiger partial charge is 0.411 e. The average Bonchev–Trinajstić information content (AvgIpc) is 2.60. The molecule has 2 atom stereocenters. The number of benzene rings is 1. The Hall–Kier alpha value is -2.04. The molecule has 1 amide bonds. The molecule has 1 heterocycles. The summed E-state index contributed by atoms with van der Waals surface area (Å²) in [5.74, 6) is -0.0939. The lowest BCUT2D eigenvalue weighted by atomic mass is 9.85. The van der Waals surface area contributed by atoms with Crippen LogP contribution in [0.1, 0.15) is 64.9 Å². The van der Waals surface area contributed by atoms with Crippen LogP contribution in [0.5, 0.6) is 0 Å². The van der Waals surface area contributed by atoms with Crippen LogP contribution in [0.3, 0.4) is 0 Å². The molecule has 1 fully saturated rings. The molecule has 0 saturated carbocycles. The molecule has 5 nitrogen and oxygen atoms in total. The molecule has 1 aliphatic rings. The van der Waals surface area contributed by atoms with Gasteiger partial charge in [-0.15, -0.1) is 0 Å². The Morgan fingerprint density at radius 1 is 1.19 bits per heavy atom. The molecule has 1 aromatic carbocycles. The summed E-state index contributed by atoms with van der Waals surface area (Å²) in [5.41, 5.74) is 0.604. The second kappa shape index (κ2) is 9.06. The monoisotopic (exact) mass is 361 g/mol. The third kappa shape index (κ3) is 5.75. The van der Waals surface area contributed by atoms with E-state index >= 15 is 0 Å². The van der Waals surface area contributed by atoms with E-state index in [0.29, 0.717) is 19.6 Å². The van der Waals surface area contributed by atoms with Gasteiger partial charge in [0.2, 0.25) is 0 Å². The van der Waals surface area contributed by atoms with E-state index in [1.165, 1.54) is 5.56 Å². The summed E-state index contributed by atoms with van der Waals surface area (Å²) >= 11 is 0. The summed E-state index contributed by atoms with van der Waals surface area (Å²) < 4.78 is 10.9. The first kappa shape index (κ1) is 20.3. The molecule has 1 aliphatic heterocycles. The second-order valence-electron chi connectivity index (χ2n) is 7.84. The Bertz CT molecular complexity index is 594. The van der Waals surface area contributed by atoms with Gasteiger partial charge >= 0.3 is 12.1 Å². The van der Waals surface area contributed by atoms with Gasteiger partial charge in [0.15, 0.2) is 0 Å². The third-order valence-corrected chi connectivity index (χ3v) is 4.52. The lowest BCUT2D eigenvalue weighted by molar-refractivity contribution is -0.151. The van der Waals surface area contributed by atoms with Crippen molar-refractivity contribution >= 4 is 12.1 Å². The minimum Gasteiger partial charge on any atom is -0.464 e. The number of hydrogen-bond donors (Lipinski definition) is 0. The number of hydrogen-bond acceptors (Lipinski definition) is 4. The Kier molecular flexibility index (Phi) is 7.06. The van der Waals surface area contributed by atoms with Crippen molar-refractivity contribution in [1.29, 1.82) is 0 Å². The van der Waals surface area contributed by atoms with Gasteiger partial charge in [0.05, 0.1) is 6.61 Å². The van der Waals surface area contributed by atoms with Crippen molar-refractivity contribution in [2.45, 2.75) is 70.9 Å². The van der Waals surface area contributed by atoms with E-state index in [1.807, 2.05) is 45.9 Å². The standard InChI is InChI=1S/C21H31NO4/c1-5-6-14-25-19(23)18-15-17(16-10-8-7-9-11-16)12-13-22(18)20(24)26-21(2,3)4/h7-11,17-18H,5-6,12-15H2,1-4H3/t17-,18+/m0/s1. The topological polar surface area (TPSA) is 55.8 Å². The molecule has 0 aromatic heterocycles. The molecule has 0 aliphatic carbocycles. The number of unbranched alkanes of at least 4 members (excludes halogenated alkanes) is 1. The molecule has 0 radical (unpaired) electrons. The Morgan fingerprint density at radius 2 is 1.88 bits per heavy atom. The van der Waals surface area contributed by atoms with Gasteiger partial charge in [-0.25, -0.2) is 9.59 Å². The second-order valence-corrected chi connectivity index (χ2v) is 7.84. The van der Waals surface area contributed by atoms with Gasteiger partial charge in [-0.3, -0.25) is 4.90 Å². The van der Waals surface area contributed by atoms with Crippen LogP contribution >= 0.6 is 0 Å². The highest BCUT2D eigenvalue weighted by atomic mass is 16.6. The Balaban J connectivity index is 2.13. The number of carbonyl (C=O) groups excluding carboxylic acids is 2. The summed E-state index contributed by atoms with van der Waals surface area (Å²) in [7, 11) is 0. The van der Waals surface area contributed by atoms with Crippen LogP contribution in [0.15, 0.2) is 30.3 Å². The molecule has 0 spiro atoms. The fraction of sp³-hybridized carbons (Fsp3) is 0.619. The van der Waals surface area contributed by atoms with Gasteiger partial charge in [-0.05, 0) is 51.5 Å². The number of carbonyl (C=O) groups is 2. The number of nitrogens with zero attached hydrogens (tertiary/aromatic N) is 1. The van der Waals surface area contributed by atoms with Crippen molar-refractivity contribution < 1.29 is 19.1 Å². The zero-order chi connectivity index (χ0) is 19.2. The molecule has 26 heavy (non-hydrogen) atoms. The molecule has 1 saturated heterocycles. The predicted molar refractivity (Wildman–Crippen MR) is 101 cm³/mol. The first-order valence-electron chi connectivity index (χ1n) is 9.53. The fourth-order valence-electron chi connectivity index (χ4n) is 3.17. The van der Waals surface area contributed by atoms with Crippen molar-refractivity contribution in [3.8, 4) is 0 Å². The molecular formula is C21H31NO4. The lowest BCUT2D eigenvalue weighted by Gasteiger charge is -2.38. The van der Waals surface area contributed by atoms with E-state index in [1.54, 1.807) is 4.90 Å². The van der Waals surface area contributed by atoms with Gasteiger partial charge in [-0.2, -0.15) is 0 Å². The maximum absolute atomic E-state index is 12.7. The summed E-state index contributed by atoms with van der Waals surface area (Å²) in [4.78, 5) is 26.8. The quantitative estimate of drug-likeness (QED) is 0.572. The summed E-state index contributed by atoms with van der Waals surface area (Å²) in [5, 5.41) is 0. The number of piperidine rings is 1. The molecular weight excluding hydrogens is 330 g/mol. The van der Waals surface area contributed by atoms with Gasteiger partial charge in [-0.1, -0.05) is 43.7 Å². The molecule has 0 unspecified atom stereocenters. The lowest BCUT2D eigenvalue weighted by Crippen LogP contribution is -2.51. The van der Waals surface area contributed by atoms with E-state index in [4.69, 9.17) is 9.47 Å². The average molecular weight is 361 g/mol. The van der Waals surface area contributed by atoms with Gasteiger partial charge in [0, 0.05) is 6.54 Å². The summed E-state index contributed by atoms with van der Waals surface area (Å²) in [6.45, 7) is 8.42. The highest BCUT2D eigenvalue weighted by molar-refractivity contribution is 5.82. The first-order chi connectivity index (χ1) is 12.3. The molecule has 1 aromatic rings. The largest absolute Gasteiger partial charge is 0.464 e. The van der Waals surface area contributed by atoms with Crippen LogP contribution in [-0.2, 0) is 14.3 Å². The number of rotatable bonds is 5. The van der Waals surface area contributed by atoms with Gasteiger partial charge < -0.3 is 9.47 Å².